The number of anilines is 1. The quantitative estimate of drug-likeness (QED) is 0.744. The summed E-state index contributed by atoms with van der Waals surface area (Å²) < 4.78 is 13.3. The van der Waals surface area contributed by atoms with Crippen LogP contribution in [-0.2, 0) is 0 Å². The molecule has 1 aliphatic carbocycles. The minimum Gasteiger partial charge on any atom is -0.396 e. The minimum atomic E-state index is -0.555. The Morgan fingerprint density at radius 2 is 2.07 bits per heavy atom. The summed E-state index contributed by atoms with van der Waals surface area (Å²) in [6.07, 6.45) is 2.20. The first-order chi connectivity index (χ1) is 6.61. The second kappa shape index (κ2) is 3.41. The van der Waals surface area contributed by atoms with Gasteiger partial charge in [-0.25, -0.2) is 4.39 Å². The molecule has 0 spiro atoms. The van der Waals surface area contributed by atoms with Gasteiger partial charge in [0.1, 0.15) is 0 Å². The summed E-state index contributed by atoms with van der Waals surface area (Å²) in [4.78, 5) is 0. The highest BCUT2D eigenvalue weighted by Gasteiger charge is 2.31. The van der Waals surface area contributed by atoms with Gasteiger partial charge in [-0.05, 0) is 30.4 Å². The Labute approximate surface area is 87.0 Å². The number of nitrogens with two attached hydrogens (primary N) is 2. The summed E-state index contributed by atoms with van der Waals surface area (Å²) in [5.74, 6) is -0.101. The van der Waals surface area contributed by atoms with Gasteiger partial charge in [0.05, 0.1) is 10.7 Å². The van der Waals surface area contributed by atoms with Crippen molar-refractivity contribution in [3.8, 4) is 0 Å². The molecule has 1 saturated carbocycles. The van der Waals surface area contributed by atoms with E-state index in [1.165, 1.54) is 6.07 Å². The van der Waals surface area contributed by atoms with E-state index < -0.39 is 5.82 Å². The third kappa shape index (κ3) is 1.57. The average molecular weight is 215 g/mol. The summed E-state index contributed by atoms with van der Waals surface area (Å²) in [5, 5.41) is 0.0735. The Bertz CT molecular complexity index is 363. The molecule has 0 bridgehead atoms. The lowest BCUT2D eigenvalue weighted by atomic mass is 10.0. The molecular formula is C10H12ClFN2. The molecule has 1 fully saturated rings. The zero-order valence-electron chi connectivity index (χ0n) is 7.63. The van der Waals surface area contributed by atoms with Gasteiger partial charge in [0.25, 0.3) is 0 Å². The van der Waals surface area contributed by atoms with E-state index in [0.29, 0.717) is 11.5 Å². The van der Waals surface area contributed by atoms with E-state index in [4.69, 9.17) is 23.1 Å². The predicted molar refractivity (Wildman–Crippen MR) is 55.5 cm³/mol. The maximum absolute atomic E-state index is 13.3. The van der Waals surface area contributed by atoms with Crippen LogP contribution >= 0.6 is 11.6 Å². The molecule has 1 aromatic rings. The highest BCUT2D eigenvalue weighted by molar-refractivity contribution is 6.31. The molecule has 4 heteroatoms. The highest BCUT2D eigenvalue weighted by Crippen LogP contribution is 2.42. The van der Waals surface area contributed by atoms with Crippen molar-refractivity contribution in [2.75, 3.05) is 5.73 Å². The number of benzene rings is 1. The summed E-state index contributed by atoms with van der Waals surface area (Å²) in [6, 6.07) is 3.07. The highest BCUT2D eigenvalue weighted by atomic mass is 35.5. The van der Waals surface area contributed by atoms with Gasteiger partial charge in [0, 0.05) is 6.04 Å². The molecule has 0 saturated heterocycles. The van der Waals surface area contributed by atoms with Crippen LogP contribution in [-0.4, -0.2) is 0 Å². The molecule has 14 heavy (non-hydrogen) atoms. The average Bonchev–Trinajstić information content (AvgIpc) is 2.97. The van der Waals surface area contributed by atoms with Crippen molar-refractivity contribution < 1.29 is 4.39 Å². The first-order valence-corrected chi connectivity index (χ1v) is 4.98. The van der Waals surface area contributed by atoms with Crippen molar-refractivity contribution in [1.82, 2.24) is 0 Å². The van der Waals surface area contributed by atoms with Crippen molar-refractivity contribution in [3.05, 3.63) is 28.5 Å². The van der Waals surface area contributed by atoms with E-state index >= 15 is 0 Å². The third-order valence-corrected chi connectivity index (χ3v) is 3.02. The first-order valence-electron chi connectivity index (χ1n) is 4.60. The normalized spacial score (nSPS) is 18.2. The molecule has 2 rings (SSSR count). The lowest BCUT2D eigenvalue weighted by Crippen LogP contribution is -2.13. The fraction of sp³-hybridized carbons (Fsp3) is 0.400. The minimum absolute atomic E-state index is 0.0711. The SMILES string of the molecule is Nc1ccc([C@@H](N)C2CC2)c(Cl)c1F. The van der Waals surface area contributed by atoms with Gasteiger partial charge in [0.15, 0.2) is 5.82 Å². The van der Waals surface area contributed by atoms with Crippen LogP contribution < -0.4 is 11.5 Å². The topological polar surface area (TPSA) is 52.0 Å². The van der Waals surface area contributed by atoms with Crippen molar-refractivity contribution in [3.63, 3.8) is 0 Å². The first kappa shape index (κ1) is 9.74. The summed E-state index contributed by atoms with van der Waals surface area (Å²) in [7, 11) is 0. The molecule has 0 heterocycles. The zero-order chi connectivity index (χ0) is 10.3. The number of hydrogen-bond donors (Lipinski definition) is 2. The smallest absolute Gasteiger partial charge is 0.164 e. The molecule has 2 nitrogen and oxygen atoms in total. The molecule has 4 N–H and O–H groups in total. The second-order valence-corrected chi connectivity index (χ2v) is 4.11. The van der Waals surface area contributed by atoms with Crippen molar-refractivity contribution >= 4 is 17.3 Å². The van der Waals surface area contributed by atoms with Crippen molar-refractivity contribution in [2.24, 2.45) is 11.7 Å². The Balaban J connectivity index is 2.38. The van der Waals surface area contributed by atoms with Gasteiger partial charge in [-0.1, -0.05) is 17.7 Å². The van der Waals surface area contributed by atoms with E-state index in [1.54, 1.807) is 6.07 Å². The summed E-state index contributed by atoms with van der Waals surface area (Å²) in [5.41, 5.74) is 12.0. The van der Waals surface area contributed by atoms with Gasteiger partial charge < -0.3 is 11.5 Å². The number of halogens is 2. The van der Waals surface area contributed by atoms with Crippen LogP contribution in [0.5, 0.6) is 0 Å². The monoisotopic (exact) mass is 214 g/mol. The van der Waals surface area contributed by atoms with Gasteiger partial charge in [-0.15, -0.1) is 0 Å². The Kier molecular flexibility index (Phi) is 2.37. The molecule has 76 valence electrons. The number of rotatable bonds is 2. The Hall–Kier alpha value is -0.800. The predicted octanol–water partition coefficient (Wildman–Crippen LogP) is 2.47. The summed E-state index contributed by atoms with van der Waals surface area (Å²) >= 11 is 5.83. The standard InChI is InChI=1S/C10H12ClFN2/c11-8-6(10(14)5-1-2-5)3-4-7(13)9(8)12/h3-5,10H,1-2,13-14H2/t10-/m0/s1. The van der Waals surface area contributed by atoms with E-state index in [2.05, 4.69) is 0 Å². The maximum atomic E-state index is 13.3. The van der Waals surface area contributed by atoms with Crippen LogP contribution in [0.4, 0.5) is 10.1 Å². The van der Waals surface area contributed by atoms with Crippen LogP contribution in [0, 0.1) is 11.7 Å². The fourth-order valence-electron chi connectivity index (χ4n) is 1.55. The van der Waals surface area contributed by atoms with Gasteiger partial charge in [-0.3, -0.25) is 0 Å². The van der Waals surface area contributed by atoms with E-state index in [9.17, 15) is 4.39 Å². The molecular weight excluding hydrogens is 203 g/mol. The molecule has 1 aliphatic rings. The van der Waals surface area contributed by atoms with Crippen LogP contribution in [0.15, 0.2) is 12.1 Å². The number of hydrogen-bond acceptors (Lipinski definition) is 2. The molecule has 0 radical (unpaired) electrons. The van der Waals surface area contributed by atoms with Gasteiger partial charge in [-0.2, -0.15) is 0 Å². The lowest BCUT2D eigenvalue weighted by molar-refractivity contribution is 0.605. The zero-order valence-corrected chi connectivity index (χ0v) is 8.39. The fourth-order valence-corrected chi connectivity index (χ4v) is 1.84. The van der Waals surface area contributed by atoms with E-state index in [0.717, 1.165) is 12.8 Å². The molecule has 0 aliphatic heterocycles. The molecule has 1 atom stereocenters. The second-order valence-electron chi connectivity index (χ2n) is 3.74. The maximum Gasteiger partial charge on any atom is 0.164 e. The van der Waals surface area contributed by atoms with Gasteiger partial charge >= 0.3 is 0 Å². The third-order valence-electron chi connectivity index (χ3n) is 2.63. The molecule has 0 aromatic heterocycles. The van der Waals surface area contributed by atoms with Crippen LogP contribution in [0.25, 0.3) is 0 Å². The van der Waals surface area contributed by atoms with Crippen LogP contribution in [0.1, 0.15) is 24.4 Å². The molecule has 1 aromatic carbocycles. The summed E-state index contributed by atoms with van der Waals surface area (Å²) in [6.45, 7) is 0. The van der Waals surface area contributed by atoms with Crippen LogP contribution in [0.2, 0.25) is 5.02 Å². The van der Waals surface area contributed by atoms with E-state index in [1.807, 2.05) is 0 Å². The Morgan fingerprint density at radius 3 is 2.64 bits per heavy atom. The van der Waals surface area contributed by atoms with E-state index in [-0.39, 0.29) is 16.8 Å². The van der Waals surface area contributed by atoms with Crippen LogP contribution in [0.3, 0.4) is 0 Å². The largest absolute Gasteiger partial charge is 0.396 e. The Morgan fingerprint density at radius 1 is 1.43 bits per heavy atom. The molecule has 0 unspecified atom stereocenters. The van der Waals surface area contributed by atoms with Crippen molar-refractivity contribution in [2.45, 2.75) is 18.9 Å². The number of nitrogen functional groups attached to an aromatic ring is 1. The van der Waals surface area contributed by atoms with Crippen molar-refractivity contribution in [1.29, 1.82) is 0 Å². The molecule has 0 amide bonds. The van der Waals surface area contributed by atoms with Gasteiger partial charge in [0.2, 0.25) is 0 Å². The lowest BCUT2D eigenvalue weighted by Gasteiger charge is -2.13.